The molecular formula is C22H23N3O2. The Kier molecular flexibility index (Phi) is 4.52. The molecule has 2 aromatic carbocycles. The average molecular weight is 361 g/mol. The molecule has 0 aliphatic heterocycles. The fourth-order valence-electron chi connectivity index (χ4n) is 4.18. The highest BCUT2D eigenvalue weighted by molar-refractivity contribution is 5.83. The first-order chi connectivity index (χ1) is 13.1. The molecule has 1 fully saturated rings. The Labute approximate surface area is 158 Å². The number of carbonyl (C=O) groups is 1. The van der Waals surface area contributed by atoms with Crippen molar-refractivity contribution in [1.29, 1.82) is 0 Å². The number of hydrogen-bond acceptors (Lipinski definition) is 3. The summed E-state index contributed by atoms with van der Waals surface area (Å²) in [5, 5.41) is 8.99. The minimum absolute atomic E-state index is 0.0703. The van der Waals surface area contributed by atoms with E-state index < -0.39 is 0 Å². The molecule has 0 radical (unpaired) electrons. The molecule has 1 aliphatic carbocycles. The van der Waals surface area contributed by atoms with Gasteiger partial charge in [0.2, 0.25) is 5.91 Å². The Balaban J connectivity index is 1.62. The summed E-state index contributed by atoms with van der Waals surface area (Å²) in [6.45, 7) is 1.79. The van der Waals surface area contributed by atoms with Gasteiger partial charge >= 0.3 is 0 Å². The number of nitrogens with zero attached hydrogens (tertiary/aromatic N) is 2. The van der Waals surface area contributed by atoms with Crippen molar-refractivity contribution in [1.82, 2.24) is 15.1 Å². The number of aromatic nitrogens is 2. The van der Waals surface area contributed by atoms with Gasteiger partial charge in [0.25, 0.3) is 5.56 Å². The SMILES string of the molecule is Cc1nn(CC(=O)NC2(c3ccccc3)CCCC2)c(=O)c2ccccc12. The maximum Gasteiger partial charge on any atom is 0.275 e. The standard InChI is InChI=1S/C22H23N3O2/c1-16-18-11-5-6-12-19(18)21(27)25(24-16)15-20(26)23-22(13-7-8-14-22)17-9-3-2-4-10-17/h2-6,9-12H,7-8,13-15H2,1H3,(H,23,26). The number of amides is 1. The van der Waals surface area contributed by atoms with E-state index in [9.17, 15) is 9.59 Å². The lowest BCUT2D eigenvalue weighted by molar-refractivity contribution is -0.124. The first kappa shape index (κ1) is 17.5. The lowest BCUT2D eigenvalue weighted by atomic mass is 9.88. The summed E-state index contributed by atoms with van der Waals surface area (Å²) in [6, 6.07) is 17.5. The van der Waals surface area contributed by atoms with Crippen molar-refractivity contribution in [2.24, 2.45) is 0 Å². The van der Waals surface area contributed by atoms with E-state index in [1.807, 2.05) is 43.3 Å². The van der Waals surface area contributed by atoms with Gasteiger partial charge in [0.15, 0.2) is 0 Å². The van der Waals surface area contributed by atoms with Crippen LogP contribution in [0, 0.1) is 6.92 Å². The van der Waals surface area contributed by atoms with Gasteiger partial charge in [-0.05, 0) is 31.4 Å². The molecule has 1 saturated carbocycles. The van der Waals surface area contributed by atoms with Crippen LogP contribution in [0.5, 0.6) is 0 Å². The molecule has 1 N–H and O–H groups in total. The summed E-state index contributed by atoms with van der Waals surface area (Å²) < 4.78 is 1.28. The number of carbonyl (C=O) groups excluding carboxylic acids is 1. The van der Waals surface area contributed by atoms with Crippen LogP contribution in [-0.4, -0.2) is 15.7 Å². The van der Waals surface area contributed by atoms with E-state index in [1.54, 1.807) is 6.07 Å². The summed E-state index contributed by atoms with van der Waals surface area (Å²) in [7, 11) is 0. The molecule has 0 saturated heterocycles. The summed E-state index contributed by atoms with van der Waals surface area (Å²) >= 11 is 0. The number of benzene rings is 2. The Bertz CT molecular complexity index is 1030. The zero-order chi connectivity index (χ0) is 18.9. The molecule has 1 amide bonds. The molecule has 0 atom stereocenters. The highest BCUT2D eigenvalue weighted by Gasteiger charge is 2.36. The molecule has 5 nitrogen and oxygen atoms in total. The van der Waals surface area contributed by atoms with Gasteiger partial charge in [0, 0.05) is 5.39 Å². The van der Waals surface area contributed by atoms with Gasteiger partial charge in [-0.3, -0.25) is 9.59 Å². The quantitative estimate of drug-likeness (QED) is 0.775. The fourth-order valence-corrected chi connectivity index (χ4v) is 4.18. The van der Waals surface area contributed by atoms with Crippen LogP contribution in [0.4, 0.5) is 0 Å². The third-order valence-corrected chi connectivity index (χ3v) is 5.51. The van der Waals surface area contributed by atoms with E-state index in [4.69, 9.17) is 0 Å². The van der Waals surface area contributed by atoms with Gasteiger partial charge < -0.3 is 5.32 Å². The van der Waals surface area contributed by atoms with E-state index in [2.05, 4.69) is 22.5 Å². The van der Waals surface area contributed by atoms with E-state index in [0.717, 1.165) is 42.3 Å². The van der Waals surface area contributed by atoms with Crippen molar-refractivity contribution in [2.75, 3.05) is 0 Å². The molecule has 0 spiro atoms. The van der Waals surface area contributed by atoms with Gasteiger partial charge in [-0.1, -0.05) is 61.4 Å². The lowest BCUT2D eigenvalue weighted by Gasteiger charge is -2.31. The number of hydrogen-bond donors (Lipinski definition) is 1. The van der Waals surface area contributed by atoms with Gasteiger partial charge in [0.05, 0.1) is 16.6 Å². The van der Waals surface area contributed by atoms with Crippen molar-refractivity contribution < 1.29 is 4.79 Å². The maximum atomic E-state index is 12.8. The Hall–Kier alpha value is -2.95. The second kappa shape index (κ2) is 6.99. The van der Waals surface area contributed by atoms with E-state index in [1.165, 1.54) is 4.68 Å². The molecule has 3 aromatic rings. The van der Waals surface area contributed by atoms with Crippen LogP contribution in [0.15, 0.2) is 59.4 Å². The van der Waals surface area contributed by atoms with E-state index >= 15 is 0 Å². The topological polar surface area (TPSA) is 64.0 Å². The molecule has 27 heavy (non-hydrogen) atoms. The number of aryl methyl sites for hydroxylation is 1. The molecule has 4 rings (SSSR count). The zero-order valence-electron chi connectivity index (χ0n) is 15.4. The monoisotopic (exact) mass is 361 g/mol. The van der Waals surface area contributed by atoms with Gasteiger partial charge in [-0.25, -0.2) is 4.68 Å². The van der Waals surface area contributed by atoms with Crippen molar-refractivity contribution >= 4 is 16.7 Å². The van der Waals surface area contributed by atoms with Crippen LogP contribution < -0.4 is 10.9 Å². The minimum Gasteiger partial charge on any atom is -0.345 e. The third kappa shape index (κ3) is 3.25. The van der Waals surface area contributed by atoms with Crippen LogP contribution in [0.25, 0.3) is 10.8 Å². The maximum absolute atomic E-state index is 12.8. The van der Waals surface area contributed by atoms with Crippen molar-refractivity contribution in [3.8, 4) is 0 Å². The second-order valence-corrected chi connectivity index (χ2v) is 7.30. The smallest absolute Gasteiger partial charge is 0.275 e. The molecule has 5 heteroatoms. The number of rotatable bonds is 4. The first-order valence-electron chi connectivity index (χ1n) is 9.42. The average Bonchev–Trinajstić information content (AvgIpc) is 3.16. The predicted molar refractivity (Wildman–Crippen MR) is 105 cm³/mol. The summed E-state index contributed by atoms with van der Waals surface area (Å²) in [4.78, 5) is 25.6. The first-order valence-corrected chi connectivity index (χ1v) is 9.42. The van der Waals surface area contributed by atoms with Gasteiger partial charge in [0.1, 0.15) is 6.54 Å². The molecule has 0 bridgehead atoms. The van der Waals surface area contributed by atoms with Crippen LogP contribution in [0.2, 0.25) is 0 Å². The molecular weight excluding hydrogens is 338 g/mol. The van der Waals surface area contributed by atoms with Crippen LogP contribution in [0.1, 0.15) is 36.9 Å². The number of fused-ring (bicyclic) bond motifs is 1. The minimum atomic E-state index is -0.339. The molecule has 0 unspecified atom stereocenters. The van der Waals surface area contributed by atoms with Gasteiger partial charge in [-0.15, -0.1) is 0 Å². The summed E-state index contributed by atoms with van der Waals surface area (Å²) in [5.41, 5.74) is 1.31. The largest absolute Gasteiger partial charge is 0.345 e. The Morgan fingerprint density at radius 1 is 1.04 bits per heavy atom. The van der Waals surface area contributed by atoms with E-state index in [-0.39, 0.29) is 23.6 Å². The molecule has 1 heterocycles. The molecule has 1 aliphatic rings. The van der Waals surface area contributed by atoms with Gasteiger partial charge in [-0.2, -0.15) is 5.10 Å². The lowest BCUT2D eigenvalue weighted by Crippen LogP contribution is -2.46. The summed E-state index contributed by atoms with van der Waals surface area (Å²) in [6.07, 6.45) is 4.01. The van der Waals surface area contributed by atoms with Crippen molar-refractivity contribution in [3.05, 3.63) is 76.2 Å². The van der Waals surface area contributed by atoms with E-state index in [0.29, 0.717) is 5.39 Å². The van der Waals surface area contributed by atoms with Crippen LogP contribution in [-0.2, 0) is 16.9 Å². The van der Waals surface area contributed by atoms with Crippen LogP contribution in [0.3, 0.4) is 0 Å². The van der Waals surface area contributed by atoms with Crippen molar-refractivity contribution in [3.63, 3.8) is 0 Å². The zero-order valence-corrected chi connectivity index (χ0v) is 15.4. The normalized spacial score (nSPS) is 15.7. The number of nitrogens with one attached hydrogen (secondary N) is 1. The van der Waals surface area contributed by atoms with Crippen LogP contribution >= 0.6 is 0 Å². The molecule has 1 aromatic heterocycles. The highest BCUT2D eigenvalue weighted by Crippen LogP contribution is 2.38. The third-order valence-electron chi connectivity index (χ3n) is 5.51. The van der Waals surface area contributed by atoms with Crippen molar-refractivity contribution in [2.45, 2.75) is 44.7 Å². The fraction of sp³-hybridized carbons (Fsp3) is 0.318. The highest BCUT2D eigenvalue weighted by atomic mass is 16.2. The summed E-state index contributed by atoms with van der Waals surface area (Å²) in [5.74, 6) is -0.176. The second-order valence-electron chi connectivity index (χ2n) is 7.30. The molecule has 138 valence electrons. The Morgan fingerprint density at radius 3 is 2.37 bits per heavy atom. The Morgan fingerprint density at radius 2 is 1.67 bits per heavy atom. The predicted octanol–water partition coefficient (Wildman–Crippen LogP) is 3.29.